The van der Waals surface area contributed by atoms with E-state index in [9.17, 15) is 37.2 Å². The summed E-state index contributed by atoms with van der Waals surface area (Å²) in [6.07, 6.45) is 0.809. The summed E-state index contributed by atoms with van der Waals surface area (Å²) in [4.78, 5) is 45.8. The standard InChI is InChI=1S/C29H23F4N7O4/c30-4-6-39(15-29(32,33)44-16-31)28(43)38-8-7-37-14-20(19-10-17(11-34)9-18(13-38)25(19)37)23-24(27(42)36-26(23)41)21-12-35-22-3-1-2-5-40(21)22/h1-3,5,9-10,12,14H,4,6-8,13,15-16H2,(H,36,41,42). The van der Waals surface area contributed by atoms with Crippen LogP contribution in [0.5, 0.6) is 0 Å². The van der Waals surface area contributed by atoms with Crippen LogP contribution in [-0.2, 0) is 27.4 Å². The average molecular weight is 610 g/mol. The van der Waals surface area contributed by atoms with Crippen molar-refractivity contribution in [2.24, 2.45) is 0 Å². The number of hydrogen-bond acceptors (Lipinski definition) is 6. The lowest BCUT2D eigenvalue weighted by Gasteiger charge is -2.31. The first-order valence-electron chi connectivity index (χ1n) is 13.4. The van der Waals surface area contributed by atoms with Crippen molar-refractivity contribution in [2.75, 3.05) is 33.2 Å². The van der Waals surface area contributed by atoms with Crippen LogP contribution in [-0.4, -0.2) is 80.9 Å². The quantitative estimate of drug-likeness (QED) is 0.241. The Kier molecular flexibility index (Phi) is 7.30. The first-order valence-corrected chi connectivity index (χ1v) is 13.4. The molecule has 44 heavy (non-hydrogen) atoms. The molecule has 0 unspecified atom stereocenters. The van der Waals surface area contributed by atoms with Crippen LogP contribution in [0.15, 0.2) is 48.9 Å². The predicted molar refractivity (Wildman–Crippen MR) is 147 cm³/mol. The zero-order valence-corrected chi connectivity index (χ0v) is 22.9. The Balaban J connectivity index is 1.45. The minimum absolute atomic E-state index is 0.0127. The molecule has 226 valence electrons. The Hall–Kier alpha value is -5.23. The van der Waals surface area contributed by atoms with Crippen molar-refractivity contribution in [1.29, 1.82) is 5.26 Å². The average Bonchev–Trinajstić information content (AvgIpc) is 3.62. The summed E-state index contributed by atoms with van der Waals surface area (Å²) < 4.78 is 60.9. The van der Waals surface area contributed by atoms with E-state index >= 15 is 0 Å². The van der Waals surface area contributed by atoms with Gasteiger partial charge in [-0.25, -0.2) is 18.6 Å². The fourth-order valence-electron chi connectivity index (χ4n) is 5.73. The Morgan fingerprint density at radius 1 is 1.16 bits per heavy atom. The number of alkyl halides is 4. The number of imidazole rings is 1. The lowest BCUT2D eigenvalue weighted by Crippen LogP contribution is -2.49. The van der Waals surface area contributed by atoms with E-state index in [-0.39, 0.29) is 36.3 Å². The molecule has 0 spiro atoms. The van der Waals surface area contributed by atoms with Crippen molar-refractivity contribution < 1.29 is 36.7 Å². The smallest absolute Gasteiger partial charge is 0.345 e. The monoisotopic (exact) mass is 609 g/mol. The van der Waals surface area contributed by atoms with Crippen molar-refractivity contribution in [1.82, 2.24) is 29.1 Å². The van der Waals surface area contributed by atoms with Crippen LogP contribution in [0.1, 0.15) is 22.4 Å². The highest BCUT2D eigenvalue weighted by molar-refractivity contribution is 6.49. The maximum atomic E-state index is 14.0. The maximum absolute atomic E-state index is 14.0. The van der Waals surface area contributed by atoms with E-state index in [1.807, 2.05) is 0 Å². The van der Waals surface area contributed by atoms with Crippen LogP contribution in [0, 0.1) is 11.3 Å². The predicted octanol–water partition coefficient (Wildman–Crippen LogP) is 3.47. The Morgan fingerprint density at radius 3 is 2.70 bits per heavy atom. The minimum atomic E-state index is -4.04. The Labute approximate surface area is 246 Å². The second-order valence-electron chi connectivity index (χ2n) is 10.2. The summed E-state index contributed by atoms with van der Waals surface area (Å²) in [5.41, 5.74) is 2.73. The van der Waals surface area contributed by atoms with E-state index in [4.69, 9.17) is 0 Å². The number of carbonyl (C=O) groups excluding carboxylic acids is 3. The third kappa shape index (κ3) is 4.92. The fourth-order valence-corrected chi connectivity index (χ4v) is 5.73. The van der Waals surface area contributed by atoms with E-state index in [2.05, 4.69) is 21.1 Å². The molecule has 1 aromatic carbocycles. The summed E-state index contributed by atoms with van der Waals surface area (Å²) in [7, 11) is 0. The molecule has 0 saturated carbocycles. The van der Waals surface area contributed by atoms with Gasteiger partial charge in [0.25, 0.3) is 11.8 Å². The number of imide groups is 1. The zero-order chi connectivity index (χ0) is 31.2. The second-order valence-corrected chi connectivity index (χ2v) is 10.2. The molecule has 11 nitrogen and oxygen atoms in total. The molecule has 0 atom stereocenters. The van der Waals surface area contributed by atoms with Gasteiger partial charge in [0.2, 0.25) is 0 Å². The van der Waals surface area contributed by atoms with Gasteiger partial charge in [-0.1, -0.05) is 6.07 Å². The number of halogens is 4. The number of urea groups is 1. The van der Waals surface area contributed by atoms with Gasteiger partial charge < -0.3 is 14.4 Å². The van der Waals surface area contributed by atoms with Crippen molar-refractivity contribution in [2.45, 2.75) is 19.2 Å². The van der Waals surface area contributed by atoms with Crippen LogP contribution in [0.4, 0.5) is 22.4 Å². The van der Waals surface area contributed by atoms with E-state index in [1.165, 1.54) is 17.2 Å². The first-order chi connectivity index (χ1) is 21.2. The highest BCUT2D eigenvalue weighted by Crippen LogP contribution is 2.39. The SMILES string of the molecule is N#Cc1cc2c3c(c1)c(C1=C(c4cnc5ccccn45)C(=O)NC1=O)cn3CCN(C(=O)N(CCF)CC(F)(F)OCF)C2. The molecule has 4 amide bonds. The lowest BCUT2D eigenvalue weighted by molar-refractivity contribution is -0.260. The van der Waals surface area contributed by atoms with Crippen LogP contribution in [0.2, 0.25) is 0 Å². The summed E-state index contributed by atoms with van der Waals surface area (Å²) in [5.74, 6) is -1.25. The number of ether oxygens (including phenoxy) is 1. The van der Waals surface area contributed by atoms with E-state index < -0.39 is 50.6 Å². The third-order valence-electron chi connectivity index (χ3n) is 7.56. The molecule has 0 fully saturated rings. The van der Waals surface area contributed by atoms with Crippen molar-refractivity contribution >= 4 is 45.5 Å². The Morgan fingerprint density at radius 2 is 1.95 bits per heavy atom. The highest BCUT2D eigenvalue weighted by atomic mass is 19.3. The molecule has 6 rings (SSSR count). The number of amides is 4. The lowest BCUT2D eigenvalue weighted by atomic mass is 9.97. The number of aromatic nitrogens is 3. The molecule has 2 aliphatic heterocycles. The maximum Gasteiger partial charge on any atom is 0.375 e. The van der Waals surface area contributed by atoms with Crippen LogP contribution < -0.4 is 5.32 Å². The van der Waals surface area contributed by atoms with Crippen LogP contribution in [0.3, 0.4) is 0 Å². The molecule has 0 bridgehead atoms. The van der Waals surface area contributed by atoms with E-state index in [0.29, 0.717) is 38.3 Å². The molecule has 2 aliphatic rings. The fraction of sp³-hybridized carbons (Fsp3) is 0.276. The number of fused-ring (bicyclic) bond motifs is 1. The number of nitrogens with one attached hydrogen (secondary N) is 1. The van der Waals surface area contributed by atoms with Gasteiger partial charge in [0.05, 0.1) is 46.7 Å². The molecule has 5 heterocycles. The number of pyridine rings is 1. The summed E-state index contributed by atoms with van der Waals surface area (Å²) in [5, 5.41) is 12.6. The molecule has 15 heteroatoms. The largest absolute Gasteiger partial charge is 0.375 e. The van der Waals surface area contributed by atoms with Gasteiger partial charge in [-0.2, -0.15) is 14.0 Å². The van der Waals surface area contributed by atoms with E-state index in [0.717, 1.165) is 0 Å². The van der Waals surface area contributed by atoms with Gasteiger partial charge in [-0.3, -0.25) is 24.0 Å². The van der Waals surface area contributed by atoms with Gasteiger partial charge >= 0.3 is 12.1 Å². The zero-order valence-electron chi connectivity index (χ0n) is 22.9. The third-order valence-corrected chi connectivity index (χ3v) is 7.56. The first kappa shape index (κ1) is 28.9. The molecule has 0 saturated heterocycles. The topological polar surface area (TPSA) is 125 Å². The van der Waals surface area contributed by atoms with Gasteiger partial charge in [0.15, 0.2) is 6.86 Å². The molecular formula is C29H23F4N7O4. The molecule has 1 N–H and O–H groups in total. The molecule has 0 aliphatic carbocycles. The van der Waals surface area contributed by atoms with Crippen LogP contribution >= 0.6 is 0 Å². The van der Waals surface area contributed by atoms with Crippen molar-refractivity contribution in [3.8, 4) is 6.07 Å². The minimum Gasteiger partial charge on any atom is -0.345 e. The summed E-state index contributed by atoms with van der Waals surface area (Å²) in [6, 6.07) is 9.53. The summed E-state index contributed by atoms with van der Waals surface area (Å²) in [6.45, 7) is -4.96. The van der Waals surface area contributed by atoms with Crippen LogP contribution in [0.25, 0.3) is 27.7 Å². The van der Waals surface area contributed by atoms with Crippen molar-refractivity contribution in [3.05, 3.63) is 71.3 Å². The normalized spacial score (nSPS) is 15.2. The van der Waals surface area contributed by atoms with Gasteiger partial charge in [-0.15, -0.1) is 0 Å². The van der Waals surface area contributed by atoms with E-state index in [1.54, 1.807) is 45.6 Å². The van der Waals surface area contributed by atoms with Gasteiger partial charge in [0, 0.05) is 43.0 Å². The van der Waals surface area contributed by atoms with Gasteiger partial charge in [0.1, 0.15) is 18.9 Å². The number of nitriles is 1. The number of hydrogen-bond donors (Lipinski definition) is 1. The Bertz CT molecular complexity index is 1910. The number of nitrogens with zero attached hydrogens (tertiary/aromatic N) is 6. The molecule has 3 aromatic heterocycles. The number of rotatable bonds is 8. The molecule has 0 radical (unpaired) electrons. The van der Waals surface area contributed by atoms with Crippen molar-refractivity contribution in [3.63, 3.8) is 0 Å². The highest BCUT2D eigenvalue weighted by Gasteiger charge is 2.38. The second kappa shape index (κ2) is 11.1. The molecule has 4 aromatic rings. The summed E-state index contributed by atoms with van der Waals surface area (Å²) >= 11 is 0. The number of carbonyl (C=O) groups is 3. The van der Waals surface area contributed by atoms with Gasteiger partial charge in [-0.05, 0) is 29.8 Å². The molecular weight excluding hydrogens is 586 g/mol. The number of benzene rings is 1.